The molecule has 0 amide bonds. The zero-order valence-corrected chi connectivity index (χ0v) is 13.5. The van der Waals surface area contributed by atoms with Crippen molar-refractivity contribution in [2.24, 2.45) is 11.5 Å². The summed E-state index contributed by atoms with van der Waals surface area (Å²) in [5.41, 5.74) is 16.5. The molecular weight excluding hydrogens is 298 g/mol. The van der Waals surface area contributed by atoms with E-state index in [1.54, 1.807) is 0 Å². The minimum atomic E-state index is 0.585. The molecule has 24 heavy (non-hydrogen) atoms. The van der Waals surface area contributed by atoms with Gasteiger partial charge in [-0.2, -0.15) is 0 Å². The summed E-state index contributed by atoms with van der Waals surface area (Å²) in [6, 6.07) is 17.8. The molecule has 3 aromatic rings. The molecule has 0 aromatic carbocycles. The molecular formula is C19H21N5. The van der Waals surface area contributed by atoms with Crippen LogP contribution in [-0.2, 0) is 12.8 Å². The second-order valence-corrected chi connectivity index (χ2v) is 5.51. The van der Waals surface area contributed by atoms with Crippen molar-refractivity contribution < 1.29 is 0 Å². The summed E-state index contributed by atoms with van der Waals surface area (Å²) in [6.45, 7) is 1.17. The van der Waals surface area contributed by atoms with E-state index in [0.717, 1.165) is 47.0 Å². The summed E-state index contributed by atoms with van der Waals surface area (Å²) in [5, 5.41) is 0. The van der Waals surface area contributed by atoms with Gasteiger partial charge in [0.05, 0.1) is 22.8 Å². The molecule has 0 spiro atoms. The molecule has 0 aliphatic rings. The summed E-state index contributed by atoms with van der Waals surface area (Å²) in [4.78, 5) is 14.0. The van der Waals surface area contributed by atoms with Crippen molar-refractivity contribution in [3.05, 3.63) is 66.0 Å². The zero-order valence-electron chi connectivity index (χ0n) is 13.5. The predicted octanol–water partition coefficient (Wildman–Crippen LogP) is 2.21. The monoisotopic (exact) mass is 319 g/mol. The van der Waals surface area contributed by atoms with Crippen LogP contribution in [0.4, 0.5) is 0 Å². The van der Waals surface area contributed by atoms with Gasteiger partial charge in [0.15, 0.2) is 0 Å². The predicted molar refractivity (Wildman–Crippen MR) is 96.2 cm³/mol. The van der Waals surface area contributed by atoms with Crippen molar-refractivity contribution in [3.8, 4) is 22.8 Å². The van der Waals surface area contributed by atoms with Crippen LogP contribution in [0.3, 0.4) is 0 Å². The number of hydrogen-bond acceptors (Lipinski definition) is 5. The van der Waals surface area contributed by atoms with Gasteiger partial charge in [0.25, 0.3) is 0 Å². The van der Waals surface area contributed by atoms with Crippen molar-refractivity contribution in [1.82, 2.24) is 15.0 Å². The summed E-state index contributed by atoms with van der Waals surface area (Å²) >= 11 is 0. The second-order valence-electron chi connectivity index (χ2n) is 5.51. The van der Waals surface area contributed by atoms with E-state index in [9.17, 15) is 0 Å². The average Bonchev–Trinajstić information content (AvgIpc) is 2.63. The summed E-state index contributed by atoms with van der Waals surface area (Å²) in [6.07, 6.45) is 1.52. The Bertz CT molecular complexity index is 751. The molecule has 0 aliphatic heterocycles. The van der Waals surface area contributed by atoms with Crippen molar-refractivity contribution >= 4 is 0 Å². The molecule has 122 valence electrons. The third-order valence-corrected chi connectivity index (χ3v) is 3.69. The van der Waals surface area contributed by atoms with Crippen LogP contribution in [0.1, 0.15) is 11.4 Å². The van der Waals surface area contributed by atoms with E-state index < -0.39 is 0 Å². The smallest absolute Gasteiger partial charge is 0.0894 e. The number of nitrogens with zero attached hydrogens (tertiary/aromatic N) is 3. The van der Waals surface area contributed by atoms with Gasteiger partial charge in [-0.15, -0.1) is 0 Å². The lowest BCUT2D eigenvalue weighted by atomic mass is 10.1. The first-order valence-electron chi connectivity index (χ1n) is 8.10. The molecule has 0 aliphatic carbocycles. The molecule has 3 rings (SSSR count). The van der Waals surface area contributed by atoms with Gasteiger partial charge < -0.3 is 11.5 Å². The van der Waals surface area contributed by atoms with Gasteiger partial charge in [-0.3, -0.25) is 9.97 Å². The molecule has 0 saturated carbocycles. The third-order valence-electron chi connectivity index (χ3n) is 3.69. The number of nitrogens with two attached hydrogens (primary N) is 2. The molecule has 0 unspecified atom stereocenters. The van der Waals surface area contributed by atoms with Crippen molar-refractivity contribution in [2.75, 3.05) is 13.1 Å². The molecule has 0 fully saturated rings. The van der Waals surface area contributed by atoms with Gasteiger partial charge in [-0.1, -0.05) is 18.2 Å². The number of hydrogen-bond donors (Lipinski definition) is 2. The van der Waals surface area contributed by atoms with Crippen LogP contribution in [0.5, 0.6) is 0 Å². The molecule has 0 atom stereocenters. The van der Waals surface area contributed by atoms with Crippen LogP contribution in [0, 0.1) is 0 Å². The summed E-state index contributed by atoms with van der Waals surface area (Å²) in [5.74, 6) is 0. The zero-order chi connectivity index (χ0) is 16.8. The molecule has 0 bridgehead atoms. The van der Waals surface area contributed by atoms with E-state index in [1.807, 2.05) is 54.6 Å². The number of aromatic nitrogens is 3. The van der Waals surface area contributed by atoms with E-state index in [1.165, 1.54) is 0 Å². The number of pyridine rings is 3. The highest BCUT2D eigenvalue weighted by atomic mass is 14.8. The van der Waals surface area contributed by atoms with E-state index in [4.69, 9.17) is 16.5 Å². The quantitative estimate of drug-likeness (QED) is 0.727. The minimum Gasteiger partial charge on any atom is -0.330 e. The maximum absolute atomic E-state index is 5.62. The van der Waals surface area contributed by atoms with E-state index in [0.29, 0.717) is 13.1 Å². The van der Waals surface area contributed by atoms with E-state index in [2.05, 4.69) is 9.97 Å². The topological polar surface area (TPSA) is 90.7 Å². The lowest BCUT2D eigenvalue weighted by Gasteiger charge is -2.07. The third kappa shape index (κ3) is 3.82. The van der Waals surface area contributed by atoms with Gasteiger partial charge in [0.2, 0.25) is 0 Å². The fraction of sp³-hybridized carbons (Fsp3) is 0.211. The Morgan fingerprint density at radius 1 is 0.542 bits per heavy atom. The van der Waals surface area contributed by atoms with Gasteiger partial charge in [-0.05, 0) is 49.5 Å². The van der Waals surface area contributed by atoms with Gasteiger partial charge in [-0.25, -0.2) is 4.98 Å². The Labute approximate surface area is 141 Å². The Balaban J connectivity index is 1.94. The van der Waals surface area contributed by atoms with Crippen LogP contribution < -0.4 is 11.5 Å². The van der Waals surface area contributed by atoms with E-state index >= 15 is 0 Å². The first-order chi connectivity index (χ1) is 11.8. The highest BCUT2D eigenvalue weighted by Gasteiger charge is 2.07. The fourth-order valence-electron chi connectivity index (χ4n) is 2.54. The van der Waals surface area contributed by atoms with Gasteiger partial charge in [0, 0.05) is 24.2 Å². The fourth-order valence-corrected chi connectivity index (χ4v) is 2.54. The number of rotatable bonds is 6. The molecule has 0 saturated heterocycles. The lowest BCUT2D eigenvalue weighted by molar-refractivity contribution is 0.922. The molecule has 4 N–H and O–H groups in total. The highest BCUT2D eigenvalue weighted by molar-refractivity contribution is 5.61. The highest BCUT2D eigenvalue weighted by Crippen LogP contribution is 2.20. The summed E-state index contributed by atoms with van der Waals surface area (Å²) in [7, 11) is 0. The molecule has 5 nitrogen and oxygen atoms in total. The average molecular weight is 319 g/mol. The normalized spacial score (nSPS) is 10.8. The maximum Gasteiger partial charge on any atom is 0.0894 e. The lowest BCUT2D eigenvalue weighted by Crippen LogP contribution is -2.05. The SMILES string of the molecule is NCCc1cccc(-c2cccc(-c3cccc(CCN)n3)n2)n1. The Hall–Kier alpha value is -2.63. The Morgan fingerprint density at radius 2 is 0.917 bits per heavy atom. The second kappa shape index (κ2) is 7.77. The Morgan fingerprint density at radius 3 is 1.33 bits per heavy atom. The maximum atomic E-state index is 5.62. The van der Waals surface area contributed by atoms with Gasteiger partial charge in [0.1, 0.15) is 0 Å². The first-order valence-corrected chi connectivity index (χ1v) is 8.10. The molecule has 3 heterocycles. The van der Waals surface area contributed by atoms with Crippen LogP contribution >= 0.6 is 0 Å². The Kier molecular flexibility index (Phi) is 5.25. The van der Waals surface area contributed by atoms with Crippen LogP contribution in [-0.4, -0.2) is 28.0 Å². The molecule has 3 aromatic heterocycles. The van der Waals surface area contributed by atoms with Crippen LogP contribution in [0.25, 0.3) is 22.8 Å². The standard InChI is InChI=1S/C19H21N5/c20-12-10-14-4-1-6-16(22-14)18-8-3-9-19(24-18)17-7-2-5-15(23-17)11-13-21/h1-9H,10-13,20-21H2. The van der Waals surface area contributed by atoms with Crippen molar-refractivity contribution in [1.29, 1.82) is 0 Å². The van der Waals surface area contributed by atoms with Crippen molar-refractivity contribution in [3.63, 3.8) is 0 Å². The minimum absolute atomic E-state index is 0.585. The van der Waals surface area contributed by atoms with Crippen molar-refractivity contribution in [2.45, 2.75) is 12.8 Å². The van der Waals surface area contributed by atoms with Crippen LogP contribution in [0.2, 0.25) is 0 Å². The molecule has 5 heteroatoms. The van der Waals surface area contributed by atoms with E-state index in [-0.39, 0.29) is 0 Å². The molecule has 0 radical (unpaired) electrons. The van der Waals surface area contributed by atoms with Crippen LogP contribution in [0.15, 0.2) is 54.6 Å². The summed E-state index contributed by atoms with van der Waals surface area (Å²) < 4.78 is 0. The largest absolute Gasteiger partial charge is 0.330 e. The first kappa shape index (κ1) is 16.2. The van der Waals surface area contributed by atoms with Gasteiger partial charge >= 0.3 is 0 Å².